The number of anilines is 1. The zero-order chi connectivity index (χ0) is 20.8. The highest BCUT2D eigenvalue weighted by Crippen LogP contribution is 2.18. The molecule has 3 heterocycles. The van der Waals surface area contributed by atoms with Crippen molar-refractivity contribution in [1.29, 1.82) is 0 Å². The number of hydrogen-bond donors (Lipinski definition) is 1. The van der Waals surface area contributed by atoms with Crippen molar-refractivity contribution in [2.45, 2.75) is 52.0 Å². The van der Waals surface area contributed by atoms with E-state index in [1.165, 1.54) is 36.3 Å². The van der Waals surface area contributed by atoms with Crippen molar-refractivity contribution in [3.63, 3.8) is 0 Å². The average Bonchev–Trinajstić information content (AvgIpc) is 3.00. The third-order valence-corrected chi connectivity index (χ3v) is 6.20. The molecule has 4 rings (SSSR count). The Balaban J connectivity index is 1.23. The number of rotatable bonds is 5. The second-order valence-corrected chi connectivity index (χ2v) is 8.39. The second-order valence-electron chi connectivity index (χ2n) is 8.39. The molecule has 0 amide bonds. The van der Waals surface area contributed by atoms with Crippen LogP contribution >= 0.6 is 0 Å². The van der Waals surface area contributed by atoms with Gasteiger partial charge in [-0.15, -0.1) is 10.2 Å². The lowest BCUT2D eigenvalue weighted by Gasteiger charge is -2.37. The molecule has 1 fully saturated rings. The molecule has 0 spiro atoms. The minimum absolute atomic E-state index is 0.910. The first kappa shape index (κ1) is 20.7. The lowest BCUT2D eigenvalue weighted by molar-refractivity contribution is 0.372. The highest BCUT2D eigenvalue weighted by Gasteiger charge is 2.20. The van der Waals surface area contributed by atoms with Crippen molar-refractivity contribution in [3.8, 4) is 0 Å². The molecule has 7 heteroatoms. The van der Waals surface area contributed by atoms with Gasteiger partial charge in [0.25, 0.3) is 0 Å². The molecule has 30 heavy (non-hydrogen) atoms. The molecule has 7 nitrogen and oxygen atoms in total. The van der Waals surface area contributed by atoms with Crippen molar-refractivity contribution < 1.29 is 0 Å². The normalized spacial score (nSPS) is 17.6. The standard InChI is InChI=1S/C23H35N7/c1-19-8-6-9-20(18-19)28-14-16-29(17-15-28)23(24-2)25-12-7-11-22-27-26-21-10-4-3-5-13-30(21)22/h6,8-9,18H,3-5,7,10-17H2,1-2H3,(H,24,25). The van der Waals surface area contributed by atoms with Gasteiger partial charge in [-0.2, -0.15) is 0 Å². The largest absolute Gasteiger partial charge is 0.368 e. The number of aliphatic imine (C=N–C) groups is 1. The number of hydrogen-bond acceptors (Lipinski definition) is 4. The van der Waals surface area contributed by atoms with Crippen molar-refractivity contribution in [1.82, 2.24) is 25.0 Å². The highest BCUT2D eigenvalue weighted by atomic mass is 15.3. The quantitative estimate of drug-likeness (QED) is 0.467. The number of piperazine rings is 1. The predicted molar refractivity (Wildman–Crippen MR) is 122 cm³/mol. The van der Waals surface area contributed by atoms with Gasteiger partial charge in [-0.05, 0) is 43.9 Å². The number of aromatic nitrogens is 3. The molecule has 1 saturated heterocycles. The number of guanidine groups is 1. The third kappa shape index (κ3) is 4.94. The molecule has 0 atom stereocenters. The molecule has 2 aliphatic rings. The fourth-order valence-electron chi connectivity index (χ4n) is 4.51. The van der Waals surface area contributed by atoms with Crippen molar-refractivity contribution in [3.05, 3.63) is 41.5 Å². The lowest BCUT2D eigenvalue weighted by Crippen LogP contribution is -2.52. The van der Waals surface area contributed by atoms with Crippen LogP contribution < -0.4 is 10.2 Å². The number of benzene rings is 1. The summed E-state index contributed by atoms with van der Waals surface area (Å²) >= 11 is 0. The van der Waals surface area contributed by atoms with Crippen LogP contribution in [0.25, 0.3) is 0 Å². The van der Waals surface area contributed by atoms with Crippen LogP contribution in [0.1, 0.15) is 42.9 Å². The van der Waals surface area contributed by atoms with Crippen LogP contribution in [0.3, 0.4) is 0 Å². The summed E-state index contributed by atoms with van der Waals surface area (Å²) in [5.41, 5.74) is 2.64. The first-order chi connectivity index (χ1) is 14.7. The van der Waals surface area contributed by atoms with E-state index in [1.807, 2.05) is 7.05 Å². The maximum absolute atomic E-state index is 4.52. The van der Waals surface area contributed by atoms with Crippen molar-refractivity contribution in [2.75, 3.05) is 44.7 Å². The molecule has 1 N–H and O–H groups in total. The van der Waals surface area contributed by atoms with Crippen molar-refractivity contribution in [2.24, 2.45) is 4.99 Å². The molecule has 0 unspecified atom stereocenters. The van der Waals surface area contributed by atoms with E-state index in [2.05, 4.69) is 66.1 Å². The molecule has 2 aliphatic heterocycles. The summed E-state index contributed by atoms with van der Waals surface area (Å²) in [5, 5.41) is 12.4. The third-order valence-electron chi connectivity index (χ3n) is 6.20. The lowest BCUT2D eigenvalue weighted by atomic mass is 10.2. The summed E-state index contributed by atoms with van der Waals surface area (Å²) in [7, 11) is 1.88. The SMILES string of the molecule is CN=C(NCCCc1nnc2n1CCCCC2)N1CCN(c2cccc(C)c2)CC1. The number of aryl methyl sites for hydroxylation is 3. The first-order valence-electron chi connectivity index (χ1n) is 11.4. The summed E-state index contributed by atoms with van der Waals surface area (Å²) in [4.78, 5) is 9.36. The van der Waals surface area contributed by atoms with Gasteiger partial charge >= 0.3 is 0 Å². The van der Waals surface area contributed by atoms with Gasteiger partial charge in [-0.1, -0.05) is 18.6 Å². The summed E-state index contributed by atoms with van der Waals surface area (Å²) in [6.07, 6.45) is 6.88. The van der Waals surface area contributed by atoms with Crippen LogP contribution in [0.15, 0.2) is 29.3 Å². The minimum atomic E-state index is 0.910. The Kier molecular flexibility index (Phi) is 6.87. The summed E-state index contributed by atoms with van der Waals surface area (Å²) < 4.78 is 2.35. The van der Waals surface area contributed by atoms with E-state index in [0.29, 0.717) is 0 Å². The first-order valence-corrected chi connectivity index (χ1v) is 11.4. The van der Waals surface area contributed by atoms with E-state index in [0.717, 1.165) is 70.3 Å². The zero-order valence-corrected chi connectivity index (χ0v) is 18.5. The number of nitrogens with one attached hydrogen (secondary N) is 1. The van der Waals surface area contributed by atoms with Gasteiger partial charge in [0, 0.05) is 64.8 Å². The van der Waals surface area contributed by atoms with Crippen LogP contribution in [0.5, 0.6) is 0 Å². The van der Waals surface area contributed by atoms with Crippen LogP contribution in [0, 0.1) is 6.92 Å². The monoisotopic (exact) mass is 409 g/mol. The summed E-state index contributed by atoms with van der Waals surface area (Å²) in [6, 6.07) is 8.78. The Hall–Kier alpha value is -2.57. The average molecular weight is 410 g/mol. The van der Waals surface area contributed by atoms with Crippen LogP contribution in [-0.2, 0) is 19.4 Å². The Morgan fingerprint density at radius 2 is 1.93 bits per heavy atom. The summed E-state index contributed by atoms with van der Waals surface area (Å²) in [6.45, 7) is 8.18. The molecule has 1 aromatic carbocycles. The van der Waals surface area contributed by atoms with Crippen molar-refractivity contribution >= 4 is 11.6 Å². The molecule has 162 valence electrons. The maximum atomic E-state index is 4.52. The van der Waals surface area contributed by atoms with Gasteiger partial charge in [-0.3, -0.25) is 4.99 Å². The van der Waals surface area contributed by atoms with Gasteiger partial charge in [-0.25, -0.2) is 0 Å². The minimum Gasteiger partial charge on any atom is -0.368 e. The molecular weight excluding hydrogens is 374 g/mol. The Bertz CT molecular complexity index is 849. The number of fused-ring (bicyclic) bond motifs is 1. The van der Waals surface area contributed by atoms with Gasteiger partial charge in [0.05, 0.1) is 0 Å². The smallest absolute Gasteiger partial charge is 0.193 e. The van der Waals surface area contributed by atoms with Crippen LogP contribution in [0.2, 0.25) is 0 Å². The van der Waals surface area contributed by atoms with E-state index in [4.69, 9.17) is 0 Å². The molecule has 0 aliphatic carbocycles. The van der Waals surface area contributed by atoms with E-state index in [-0.39, 0.29) is 0 Å². The maximum Gasteiger partial charge on any atom is 0.193 e. The molecule has 0 saturated carbocycles. The van der Waals surface area contributed by atoms with Gasteiger partial charge < -0.3 is 19.7 Å². The van der Waals surface area contributed by atoms with E-state index < -0.39 is 0 Å². The topological polar surface area (TPSA) is 61.6 Å². The Morgan fingerprint density at radius 1 is 1.07 bits per heavy atom. The second kappa shape index (κ2) is 9.96. The number of nitrogens with zero attached hydrogens (tertiary/aromatic N) is 6. The fourth-order valence-corrected chi connectivity index (χ4v) is 4.51. The molecular formula is C23H35N7. The molecule has 2 aromatic rings. The van der Waals surface area contributed by atoms with Crippen LogP contribution in [-0.4, -0.2) is 65.4 Å². The molecule has 0 bridgehead atoms. The predicted octanol–water partition coefficient (Wildman–Crippen LogP) is 2.64. The molecule has 1 aromatic heterocycles. The van der Waals surface area contributed by atoms with Gasteiger partial charge in [0.2, 0.25) is 0 Å². The van der Waals surface area contributed by atoms with Crippen LogP contribution in [0.4, 0.5) is 5.69 Å². The molecule has 0 radical (unpaired) electrons. The van der Waals surface area contributed by atoms with E-state index in [9.17, 15) is 0 Å². The van der Waals surface area contributed by atoms with E-state index in [1.54, 1.807) is 0 Å². The fraction of sp³-hybridized carbons (Fsp3) is 0.609. The highest BCUT2D eigenvalue weighted by molar-refractivity contribution is 5.80. The Labute approximate surface area is 180 Å². The van der Waals surface area contributed by atoms with Gasteiger partial charge in [0.1, 0.15) is 11.6 Å². The van der Waals surface area contributed by atoms with E-state index >= 15 is 0 Å². The van der Waals surface area contributed by atoms with Gasteiger partial charge in [0.15, 0.2) is 5.96 Å². The zero-order valence-electron chi connectivity index (χ0n) is 18.5. The summed E-state index contributed by atoms with van der Waals surface area (Å²) in [5.74, 6) is 3.34. The Morgan fingerprint density at radius 3 is 2.73 bits per heavy atom.